The lowest BCUT2D eigenvalue weighted by Gasteiger charge is -2.22. The monoisotopic (exact) mass is 269 g/mol. The lowest BCUT2D eigenvalue weighted by molar-refractivity contribution is -0.148. The number of esters is 1. The molecule has 1 heterocycles. The van der Waals surface area contributed by atoms with Gasteiger partial charge in [-0.3, -0.25) is 4.79 Å². The first-order valence-electron chi connectivity index (χ1n) is 5.96. The second kappa shape index (κ2) is 6.73. The Hall–Kier alpha value is -1.10. The fraction of sp³-hybridized carbons (Fsp3) is 0.462. The molecule has 0 amide bonds. The van der Waals surface area contributed by atoms with E-state index in [9.17, 15) is 4.79 Å². The number of nitrogens with one attached hydrogen (secondary N) is 1. The summed E-state index contributed by atoms with van der Waals surface area (Å²) in [6.07, 6.45) is 0.220. The van der Waals surface area contributed by atoms with E-state index < -0.39 is 0 Å². The number of ether oxygens (including phenoxy) is 2. The van der Waals surface area contributed by atoms with Gasteiger partial charge in [-0.1, -0.05) is 23.7 Å². The normalized spacial score (nSPS) is 19.5. The first-order valence-corrected chi connectivity index (χ1v) is 6.34. The Morgan fingerprint density at radius 2 is 2.22 bits per heavy atom. The summed E-state index contributed by atoms with van der Waals surface area (Å²) in [6, 6.07) is 7.24. The van der Waals surface area contributed by atoms with Crippen LogP contribution in [0.15, 0.2) is 24.3 Å². The van der Waals surface area contributed by atoms with E-state index in [0.717, 1.165) is 12.1 Å². The molecular weight excluding hydrogens is 254 g/mol. The first kappa shape index (κ1) is 13.3. The van der Waals surface area contributed by atoms with E-state index in [-0.39, 0.29) is 18.7 Å². The maximum atomic E-state index is 11.6. The molecule has 1 atom stereocenters. The van der Waals surface area contributed by atoms with E-state index >= 15 is 0 Å². The summed E-state index contributed by atoms with van der Waals surface area (Å²) < 4.78 is 10.6. The van der Waals surface area contributed by atoms with Gasteiger partial charge < -0.3 is 14.8 Å². The zero-order chi connectivity index (χ0) is 12.8. The second-order valence-electron chi connectivity index (χ2n) is 4.19. The average Bonchev–Trinajstić information content (AvgIpc) is 2.39. The van der Waals surface area contributed by atoms with Gasteiger partial charge in [0.15, 0.2) is 0 Å². The number of carbonyl (C=O) groups is 1. The van der Waals surface area contributed by atoms with Crippen molar-refractivity contribution in [1.29, 1.82) is 0 Å². The third kappa shape index (κ3) is 4.29. The minimum Gasteiger partial charge on any atom is -0.461 e. The third-order valence-electron chi connectivity index (χ3n) is 2.71. The molecule has 18 heavy (non-hydrogen) atoms. The Kier molecular flexibility index (Phi) is 4.99. The predicted octanol–water partition coefficient (Wildman–Crippen LogP) is 1.76. The van der Waals surface area contributed by atoms with Crippen molar-refractivity contribution in [2.75, 3.05) is 19.7 Å². The Morgan fingerprint density at radius 1 is 1.44 bits per heavy atom. The molecule has 0 aromatic heterocycles. The van der Waals surface area contributed by atoms with Crippen molar-refractivity contribution in [1.82, 2.24) is 5.32 Å². The van der Waals surface area contributed by atoms with E-state index in [0.29, 0.717) is 24.6 Å². The Labute approximate surface area is 111 Å². The molecule has 1 aliphatic rings. The highest BCUT2D eigenvalue weighted by atomic mass is 35.5. The highest BCUT2D eigenvalue weighted by molar-refractivity contribution is 6.30. The molecule has 1 unspecified atom stereocenters. The number of carbonyl (C=O) groups excluding carboxylic acids is 1. The number of hydrogen-bond acceptors (Lipinski definition) is 4. The topological polar surface area (TPSA) is 47.6 Å². The van der Waals surface area contributed by atoms with Crippen molar-refractivity contribution in [3.8, 4) is 0 Å². The molecule has 0 bridgehead atoms. The van der Waals surface area contributed by atoms with E-state index in [1.165, 1.54) is 0 Å². The number of hydrogen-bond donors (Lipinski definition) is 1. The summed E-state index contributed by atoms with van der Waals surface area (Å²) in [5.41, 5.74) is 0.926. The fourth-order valence-electron chi connectivity index (χ4n) is 1.74. The summed E-state index contributed by atoms with van der Waals surface area (Å²) in [5.74, 6) is -0.237. The van der Waals surface area contributed by atoms with Crippen LogP contribution in [0.2, 0.25) is 5.02 Å². The zero-order valence-corrected chi connectivity index (χ0v) is 10.8. The third-order valence-corrected chi connectivity index (χ3v) is 2.96. The van der Waals surface area contributed by atoms with Crippen LogP contribution in [0.25, 0.3) is 0 Å². The summed E-state index contributed by atoms with van der Waals surface area (Å²) in [5, 5.41) is 3.85. The van der Waals surface area contributed by atoms with Crippen molar-refractivity contribution in [3.63, 3.8) is 0 Å². The second-order valence-corrected chi connectivity index (χ2v) is 4.62. The Balaban J connectivity index is 1.72. The van der Waals surface area contributed by atoms with Gasteiger partial charge in [-0.05, 0) is 17.7 Å². The molecule has 1 saturated heterocycles. The maximum Gasteiger partial charge on any atom is 0.308 e. The summed E-state index contributed by atoms with van der Waals surface area (Å²) in [7, 11) is 0. The van der Waals surface area contributed by atoms with E-state index in [1.54, 1.807) is 12.1 Å². The van der Waals surface area contributed by atoms with Crippen molar-refractivity contribution >= 4 is 17.6 Å². The fourth-order valence-corrected chi connectivity index (χ4v) is 1.87. The smallest absolute Gasteiger partial charge is 0.308 e. The van der Waals surface area contributed by atoms with Gasteiger partial charge in [-0.25, -0.2) is 0 Å². The molecular formula is C13H16ClNO3. The molecule has 0 spiro atoms. The minimum atomic E-state index is -0.237. The molecule has 4 nitrogen and oxygen atoms in total. The Bertz CT molecular complexity index is 388. The highest BCUT2D eigenvalue weighted by Crippen LogP contribution is 2.11. The molecule has 1 fully saturated rings. The molecule has 1 N–H and O–H groups in total. The van der Waals surface area contributed by atoms with Gasteiger partial charge in [0.25, 0.3) is 0 Å². The van der Waals surface area contributed by atoms with Crippen molar-refractivity contribution in [3.05, 3.63) is 34.9 Å². The van der Waals surface area contributed by atoms with Crippen molar-refractivity contribution < 1.29 is 14.3 Å². The first-order chi connectivity index (χ1) is 8.74. The Morgan fingerprint density at radius 3 is 2.89 bits per heavy atom. The van der Waals surface area contributed by atoms with Gasteiger partial charge in [-0.15, -0.1) is 0 Å². The van der Waals surface area contributed by atoms with Gasteiger partial charge in [0, 0.05) is 18.1 Å². The van der Waals surface area contributed by atoms with Crippen LogP contribution in [0.5, 0.6) is 0 Å². The molecule has 1 aliphatic heterocycles. The molecule has 98 valence electrons. The quantitative estimate of drug-likeness (QED) is 0.847. The van der Waals surface area contributed by atoms with Crippen LogP contribution in [-0.4, -0.2) is 31.8 Å². The predicted molar refractivity (Wildman–Crippen MR) is 68.5 cm³/mol. The minimum absolute atomic E-state index is 0.0727. The van der Waals surface area contributed by atoms with Crippen LogP contribution < -0.4 is 5.32 Å². The summed E-state index contributed by atoms with van der Waals surface area (Å²) in [4.78, 5) is 11.6. The number of benzene rings is 1. The molecule has 0 radical (unpaired) electrons. The lowest BCUT2D eigenvalue weighted by Crippen LogP contribution is -2.39. The molecule has 1 aromatic rings. The van der Waals surface area contributed by atoms with Crippen LogP contribution in [0.3, 0.4) is 0 Å². The van der Waals surface area contributed by atoms with Gasteiger partial charge in [0.2, 0.25) is 0 Å². The molecule has 1 aromatic carbocycles. The SMILES string of the molecule is O=C(CC1CNCCO1)OCc1ccc(Cl)cc1. The molecule has 5 heteroatoms. The summed E-state index contributed by atoms with van der Waals surface area (Å²) in [6.45, 7) is 2.47. The molecule has 2 rings (SSSR count). The van der Waals surface area contributed by atoms with Gasteiger partial charge in [0.1, 0.15) is 6.61 Å². The number of halogens is 1. The zero-order valence-electron chi connectivity index (χ0n) is 10.0. The van der Waals surface area contributed by atoms with E-state index in [4.69, 9.17) is 21.1 Å². The van der Waals surface area contributed by atoms with Crippen molar-refractivity contribution in [2.24, 2.45) is 0 Å². The van der Waals surface area contributed by atoms with Crippen molar-refractivity contribution in [2.45, 2.75) is 19.1 Å². The van der Waals surface area contributed by atoms with Gasteiger partial charge in [0.05, 0.1) is 19.1 Å². The summed E-state index contributed by atoms with van der Waals surface area (Å²) >= 11 is 5.77. The largest absolute Gasteiger partial charge is 0.461 e. The molecule has 0 aliphatic carbocycles. The average molecular weight is 270 g/mol. The van der Waals surface area contributed by atoms with Crippen LogP contribution in [-0.2, 0) is 20.9 Å². The van der Waals surface area contributed by atoms with E-state index in [2.05, 4.69) is 5.32 Å². The molecule has 0 saturated carbocycles. The standard InChI is InChI=1S/C13H16ClNO3/c14-11-3-1-10(2-4-11)9-18-13(16)7-12-8-15-5-6-17-12/h1-4,12,15H,5-9H2. The lowest BCUT2D eigenvalue weighted by atomic mass is 10.2. The number of rotatable bonds is 4. The maximum absolute atomic E-state index is 11.6. The highest BCUT2D eigenvalue weighted by Gasteiger charge is 2.18. The van der Waals surface area contributed by atoms with Gasteiger partial charge >= 0.3 is 5.97 Å². The van der Waals surface area contributed by atoms with Gasteiger partial charge in [-0.2, -0.15) is 0 Å². The number of morpholine rings is 1. The van der Waals surface area contributed by atoms with E-state index in [1.807, 2.05) is 12.1 Å². The van der Waals surface area contributed by atoms with Crippen LogP contribution in [0, 0.1) is 0 Å². The van der Waals surface area contributed by atoms with Crippen LogP contribution in [0.4, 0.5) is 0 Å². The van der Waals surface area contributed by atoms with Crippen LogP contribution >= 0.6 is 11.6 Å². The van der Waals surface area contributed by atoms with Crippen LogP contribution in [0.1, 0.15) is 12.0 Å².